The third-order valence-electron chi connectivity index (χ3n) is 5.37. The number of ether oxygens (including phenoxy) is 1. The topological polar surface area (TPSA) is 131 Å². The minimum absolute atomic E-state index is 0.0921. The summed E-state index contributed by atoms with van der Waals surface area (Å²) in [7, 11) is 1.21. The Kier molecular flexibility index (Phi) is 7.89. The molecule has 1 heterocycles. The first kappa shape index (κ1) is 25.5. The summed E-state index contributed by atoms with van der Waals surface area (Å²) >= 11 is 3.34. The second kappa shape index (κ2) is 11.4. The molecular weight excluding hydrogens is 540 g/mol. The number of halogens is 1. The summed E-state index contributed by atoms with van der Waals surface area (Å²) in [4.78, 5) is 38.0. The molecule has 0 bridgehead atoms. The van der Waals surface area contributed by atoms with Crippen LogP contribution < -0.4 is 10.6 Å². The second-order valence-corrected chi connectivity index (χ2v) is 8.72. The average Bonchev–Trinajstić information content (AvgIpc) is 2.91. The highest BCUT2D eigenvalue weighted by Crippen LogP contribution is 2.21. The largest absolute Gasteiger partial charge is 0.508 e. The van der Waals surface area contributed by atoms with Crippen molar-refractivity contribution in [1.29, 1.82) is 0 Å². The van der Waals surface area contributed by atoms with Crippen LogP contribution in [0, 0.1) is 0 Å². The van der Waals surface area contributed by atoms with Gasteiger partial charge in [-0.2, -0.15) is 10.2 Å². The number of fused-ring (bicyclic) bond motifs is 1. The van der Waals surface area contributed by atoms with E-state index in [4.69, 9.17) is 4.74 Å². The van der Waals surface area contributed by atoms with Crippen molar-refractivity contribution in [2.24, 2.45) is 0 Å². The molecule has 0 spiro atoms. The summed E-state index contributed by atoms with van der Waals surface area (Å²) in [6, 6.07) is 18.3. The number of nitrogens with one attached hydrogen (secondary N) is 2. The number of esters is 1. The number of benzene rings is 3. The number of methoxy groups -OCH3 is 1. The number of nitrogens with zero attached hydrogens (tertiary/aromatic N) is 2. The van der Waals surface area contributed by atoms with Gasteiger partial charge in [-0.1, -0.05) is 30.3 Å². The molecule has 10 heteroatoms. The van der Waals surface area contributed by atoms with E-state index in [1.54, 1.807) is 30.3 Å². The lowest BCUT2D eigenvalue weighted by Gasteiger charge is -2.11. The van der Waals surface area contributed by atoms with Gasteiger partial charge in [-0.05, 0) is 64.0 Å². The summed E-state index contributed by atoms with van der Waals surface area (Å²) in [5.41, 5.74) is 2.38. The Morgan fingerprint density at radius 2 is 1.84 bits per heavy atom. The van der Waals surface area contributed by atoms with E-state index in [-0.39, 0.29) is 29.5 Å². The van der Waals surface area contributed by atoms with Crippen molar-refractivity contribution in [2.75, 3.05) is 7.11 Å². The number of aromatic nitrogens is 2. The highest BCUT2D eigenvalue weighted by Gasteiger charge is 2.19. The van der Waals surface area contributed by atoms with E-state index in [2.05, 4.69) is 36.8 Å². The van der Waals surface area contributed by atoms with Crippen LogP contribution in [-0.4, -0.2) is 40.2 Å². The number of aromatic hydroxyl groups is 1. The molecule has 4 rings (SSSR count). The highest BCUT2D eigenvalue weighted by molar-refractivity contribution is 9.10. The molecule has 2 amide bonds. The van der Waals surface area contributed by atoms with Crippen LogP contribution in [0.2, 0.25) is 0 Å². The monoisotopic (exact) mass is 560 g/mol. The van der Waals surface area contributed by atoms with Gasteiger partial charge in [0.05, 0.1) is 24.4 Å². The fourth-order valence-electron chi connectivity index (χ4n) is 3.54. The first-order valence-electron chi connectivity index (χ1n) is 11.0. The smallest absolute Gasteiger partial charge is 0.354 e. The maximum absolute atomic E-state index is 13.0. The van der Waals surface area contributed by atoms with Crippen molar-refractivity contribution in [2.45, 2.75) is 6.54 Å². The van der Waals surface area contributed by atoms with Crippen molar-refractivity contribution < 1.29 is 24.2 Å². The molecule has 0 atom stereocenters. The molecular formula is C27H21BrN4O5. The van der Waals surface area contributed by atoms with Crippen LogP contribution in [0.25, 0.3) is 17.0 Å². The molecule has 0 aliphatic rings. The van der Waals surface area contributed by atoms with Gasteiger partial charge >= 0.3 is 5.97 Å². The van der Waals surface area contributed by atoms with Crippen molar-refractivity contribution in [3.8, 4) is 5.75 Å². The Labute approximate surface area is 220 Å². The predicted molar refractivity (Wildman–Crippen MR) is 140 cm³/mol. The predicted octanol–water partition coefficient (Wildman–Crippen LogP) is 3.97. The maximum Gasteiger partial charge on any atom is 0.354 e. The van der Waals surface area contributed by atoms with Gasteiger partial charge in [0.25, 0.3) is 11.8 Å². The fourth-order valence-corrected chi connectivity index (χ4v) is 4.09. The quantitative estimate of drug-likeness (QED) is 0.230. The third-order valence-corrected chi connectivity index (χ3v) is 6.03. The number of rotatable bonds is 7. The van der Waals surface area contributed by atoms with Crippen LogP contribution in [0.5, 0.6) is 5.75 Å². The van der Waals surface area contributed by atoms with E-state index in [0.29, 0.717) is 21.1 Å². The number of phenolic OH excluding ortho intramolecular Hbond substituents is 1. The van der Waals surface area contributed by atoms with Gasteiger partial charge in [-0.3, -0.25) is 9.59 Å². The summed E-state index contributed by atoms with van der Waals surface area (Å²) in [6.07, 6.45) is 2.95. The molecule has 0 aliphatic carbocycles. The Balaban J connectivity index is 1.52. The van der Waals surface area contributed by atoms with E-state index < -0.39 is 11.9 Å². The van der Waals surface area contributed by atoms with Crippen molar-refractivity contribution in [1.82, 2.24) is 20.8 Å². The highest BCUT2D eigenvalue weighted by atomic mass is 79.9. The van der Waals surface area contributed by atoms with Crippen LogP contribution in [0.1, 0.15) is 31.8 Å². The Morgan fingerprint density at radius 1 is 1.03 bits per heavy atom. The molecule has 0 saturated carbocycles. The Morgan fingerprint density at radius 3 is 2.59 bits per heavy atom. The van der Waals surface area contributed by atoms with Crippen LogP contribution in [0.4, 0.5) is 0 Å². The molecule has 4 aromatic rings. The van der Waals surface area contributed by atoms with Gasteiger partial charge in [0.1, 0.15) is 11.4 Å². The van der Waals surface area contributed by atoms with Gasteiger partial charge < -0.3 is 20.5 Å². The summed E-state index contributed by atoms with van der Waals surface area (Å²) in [6.45, 7) is 0.221. The van der Waals surface area contributed by atoms with Gasteiger partial charge in [0.2, 0.25) is 0 Å². The SMILES string of the molecule is COC(=O)/C(=C/c1cnnc2ccccc12)NC(=O)c1ccc(C(=O)NCc2cccc(O)c2)cc1Br. The van der Waals surface area contributed by atoms with Gasteiger partial charge in [-0.15, -0.1) is 0 Å². The average molecular weight is 561 g/mol. The second-order valence-electron chi connectivity index (χ2n) is 7.87. The lowest BCUT2D eigenvalue weighted by molar-refractivity contribution is -0.136. The minimum atomic E-state index is -0.742. The standard InChI is InChI=1S/C27H21BrN4O5/c1-37-27(36)24(13-18-15-30-32-23-8-3-2-7-20(18)23)31-26(35)21-10-9-17(12-22(21)28)25(34)29-14-16-5-4-6-19(33)11-16/h2-13,15,33H,14H2,1H3,(H,29,34)(H,31,35)/b24-13-. The first-order chi connectivity index (χ1) is 17.9. The zero-order valence-corrected chi connectivity index (χ0v) is 21.2. The van der Waals surface area contributed by atoms with Crippen LogP contribution in [0.15, 0.2) is 83.1 Å². The number of phenols is 1. The molecule has 1 aromatic heterocycles. The molecule has 3 N–H and O–H groups in total. The minimum Gasteiger partial charge on any atom is -0.508 e. The number of amides is 2. The fraction of sp³-hybridized carbons (Fsp3) is 0.0741. The molecule has 37 heavy (non-hydrogen) atoms. The summed E-state index contributed by atoms with van der Waals surface area (Å²) < 4.78 is 5.20. The number of hydrogen-bond acceptors (Lipinski definition) is 7. The normalized spacial score (nSPS) is 11.1. The number of carbonyl (C=O) groups is 3. The summed E-state index contributed by atoms with van der Waals surface area (Å²) in [5, 5.41) is 23.7. The van der Waals surface area contributed by atoms with E-state index in [0.717, 1.165) is 10.9 Å². The maximum atomic E-state index is 13.0. The van der Waals surface area contributed by atoms with E-state index in [1.165, 1.54) is 37.6 Å². The Bertz CT molecular complexity index is 1530. The molecule has 0 saturated heterocycles. The van der Waals surface area contributed by atoms with E-state index in [9.17, 15) is 19.5 Å². The van der Waals surface area contributed by atoms with E-state index >= 15 is 0 Å². The third kappa shape index (κ3) is 6.17. The van der Waals surface area contributed by atoms with Crippen LogP contribution in [0.3, 0.4) is 0 Å². The zero-order chi connectivity index (χ0) is 26.4. The number of hydrogen-bond donors (Lipinski definition) is 3. The molecule has 0 aliphatic heterocycles. The van der Waals surface area contributed by atoms with Crippen molar-refractivity contribution in [3.63, 3.8) is 0 Å². The summed E-state index contributed by atoms with van der Waals surface area (Å²) in [5.74, 6) is -1.57. The van der Waals surface area contributed by atoms with Gasteiger partial charge in [0, 0.05) is 27.5 Å². The molecule has 0 radical (unpaired) electrons. The Hall–Kier alpha value is -4.57. The van der Waals surface area contributed by atoms with Crippen LogP contribution in [-0.2, 0) is 16.1 Å². The zero-order valence-electron chi connectivity index (χ0n) is 19.6. The first-order valence-corrected chi connectivity index (χ1v) is 11.8. The van der Waals surface area contributed by atoms with Gasteiger partial charge in [0.15, 0.2) is 0 Å². The van der Waals surface area contributed by atoms with E-state index in [1.807, 2.05) is 18.2 Å². The molecule has 0 unspecified atom stereocenters. The lowest BCUT2D eigenvalue weighted by atomic mass is 10.1. The van der Waals surface area contributed by atoms with Crippen molar-refractivity contribution in [3.05, 3.63) is 105 Å². The molecule has 0 fully saturated rings. The molecule has 186 valence electrons. The molecule has 9 nitrogen and oxygen atoms in total. The van der Waals surface area contributed by atoms with Crippen LogP contribution >= 0.6 is 15.9 Å². The van der Waals surface area contributed by atoms with Crippen molar-refractivity contribution >= 4 is 50.7 Å². The molecule has 3 aromatic carbocycles. The number of carbonyl (C=O) groups excluding carboxylic acids is 3. The lowest BCUT2D eigenvalue weighted by Crippen LogP contribution is -2.28. The van der Waals surface area contributed by atoms with Gasteiger partial charge in [-0.25, -0.2) is 4.79 Å².